The number of hydrogen-bond acceptors (Lipinski definition) is 3. The van der Waals surface area contributed by atoms with Crippen LogP contribution in [0.25, 0.3) is 0 Å². The monoisotopic (exact) mass is 374 g/mol. The number of nitrogens with one attached hydrogen (secondary N) is 2. The number of sulfonamides is 1. The zero-order valence-corrected chi connectivity index (χ0v) is 16.5. The van der Waals surface area contributed by atoms with Crippen LogP contribution in [-0.2, 0) is 10.0 Å². The van der Waals surface area contributed by atoms with E-state index in [0.717, 1.165) is 17.5 Å². The number of carbonyl (C=O) groups excluding carboxylic acids is 1. The predicted molar refractivity (Wildman–Crippen MR) is 105 cm³/mol. The van der Waals surface area contributed by atoms with Crippen molar-refractivity contribution in [2.45, 2.75) is 39.0 Å². The van der Waals surface area contributed by atoms with Crippen LogP contribution in [0.5, 0.6) is 0 Å². The predicted octanol–water partition coefficient (Wildman–Crippen LogP) is 3.88. The number of hydrogen-bond donors (Lipinski definition) is 2. The molecule has 0 saturated heterocycles. The lowest BCUT2D eigenvalue weighted by molar-refractivity contribution is 0.0952. The van der Waals surface area contributed by atoms with Gasteiger partial charge in [0.15, 0.2) is 0 Å². The van der Waals surface area contributed by atoms with Crippen molar-refractivity contribution in [2.75, 3.05) is 11.3 Å². The van der Waals surface area contributed by atoms with E-state index in [1.807, 2.05) is 26.0 Å². The average molecular weight is 375 g/mol. The summed E-state index contributed by atoms with van der Waals surface area (Å²) >= 11 is 0. The van der Waals surface area contributed by atoms with Gasteiger partial charge in [-0.15, -0.1) is 0 Å². The van der Waals surface area contributed by atoms with Crippen LogP contribution in [0.2, 0.25) is 0 Å². The van der Waals surface area contributed by atoms with Crippen LogP contribution < -0.4 is 10.0 Å². The molecule has 140 valence electrons. The van der Waals surface area contributed by atoms with Gasteiger partial charge in [0, 0.05) is 12.1 Å². The van der Waals surface area contributed by atoms with Crippen molar-refractivity contribution in [1.29, 1.82) is 0 Å². The molecule has 0 fully saturated rings. The topological polar surface area (TPSA) is 75.3 Å². The summed E-state index contributed by atoms with van der Waals surface area (Å²) in [6, 6.07) is 11.4. The first-order valence-electron chi connectivity index (χ1n) is 8.68. The molecule has 0 saturated carbocycles. The summed E-state index contributed by atoms with van der Waals surface area (Å²) in [6.07, 6.45) is 0.901. The molecule has 0 aliphatic heterocycles. The van der Waals surface area contributed by atoms with Crippen LogP contribution in [0.15, 0.2) is 47.4 Å². The summed E-state index contributed by atoms with van der Waals surface area (Å²) in [5, 5.41) is 2.84. The van der Waals surface area contributed by atoms with Gasteiger partial charge in [0.05, 0.1) is 10.6 Å². The number of rotatable bonds is 7. The van der Waals surface area contributed by atoms with Gasteiger partial charge >= 0.3 is 0 Å². The number of amides is 1. The van der Waals surface area contributed by atoms with Crippen molar-refractivity contribution in [2.24, 2.45) is 5.92 Å². The van der Waals surface area contributed by atoms with E-state index in [0.29, 0.717) is 23.7 Å². The van der Waals surface area contributed by atoms with Gasteiger partial charge in [-0.1, -0.05) is 26.0 Å². The first-order valence-corrected chi connectivity index (χ1v) is 10.2. The number of carbonyl (C=O) groups is 1. The standard InChI is InChI=1S/C20H26N2O3S/c1-14(2)12-13-21-20(23)17-8-10-18(11-9-17)26(24,25)22-19-7-5-6-15(3)16(19)4/h5-11,14,22H,12-13H2,1-4H3,(H,21,23). The smallest absolute Gasteiger partial charge is 0.261 e. The van der Waals surface area contributed by atoms with Crippen LogP contribution in [0.3, 0.4) is 0 Å². The largest absolute Gasteiger partial charge is 0.352 e. The highest BCUT2D eigenvalue weighted by Gasteiger charge is 2.16. The van der Waals surface area contributed by atoms with Gasteiger partial charge in [-0.3, -0.25) is 9.52 Å². The van der Waals surface area contributed by atoms with Gasteiger partial charge in [-0.25, -0.2) is 8.42 Å². The van der Waals surface area contributed by atoms with Gasteiger partial charge < -0.3 is 5.32 Å². The molecule has 6 heteroatoms. The molecule has 2 aromatic carbocycles. The lowest BCUT2D eigenvalue weighted by Crippen LogP contribution is -2.25. The third-order valence-electron chi connectivity index (χ3n) is 4.28. The molecule has 0 spiro atoms. The van der Waals surface area contributed by atoms with Gasteiger partial charge in [0.25, 0.3) is 15.9 Å². The molecule has 0 atom stereocenters. The highest BCUT2D eigenvalue weighted by Crippen LogP contribution is 2.22. The Balaban J connectivity index is 2.11. The summed E-state index contributed by atoms with van der Waals surface area (Å²) in [6.45, 7) is 8.59. The second kappa shape index (κ2) is 8.36. The van der Waals surface area contributed by atoms with Crippen LogP contribution in [0.1, 0.15) is 41.8 Å². The highest BCUT2D eigenvalue weighted by atomic mass is 32.2. The Hall–Kier alpha value is -2.34. The zero-order chi connectivity index (χ0) is 19.3. The molecule has 2 aromatic rings. The molecular weight excluding hydrogens is 348 g/mol. The van der Waals surface area contributed by atoms with Crippen molar-refractivity contribution in [1.82, 2.24) is 5.32 Å². The Kier molecular flexibility index (Phi) is 6.42. The molecular formula is C20H26N2O3S. The van der Waals surface area contributed by atoms with Gasteiger partial charge in [0.1, 0.15) is 0 Å². The Morgan fingerprint density at radius 1 is 1.04 bits per heavy atom. The van der Waals surface area contributed by atoms with Crippen LogP contribution >= 0.6 is 0 Å². The lowest BCUT2D eigenvalue weighted by atomic mass is 10.1. The maximum absolute atomic E-state index is 12.6. The third-order valence-corrected chi connectivity index (χ3v) is 5.66. The summed E-state index contributed by atoms with van der Waals surface area (Å²) in [5.74, 6) is 0.316. The molecule has 2 rings (SSSR count). The first kappa shape index (κ1) is 20.0. The Morgan fingerprint density at radius 2 is 1.69 bits per heavy atom. The van der Waals surface area contributed by atoms with E-state index in [-0.39, 0.29) is 10.8 Å². The van der Waals surface area contributed by atoms with Gasteiger partial charge in [-0.2, -0.15) is 0 Å². The quantitative estimate of drug-likeness (QED) is 0.772. The molecule has 26 heavy (non-hydrogen) atoms. The number of anilines is 1. The Morgan fingerprint density at radius 3 is 2.31 bits per heavy atom. The molecule has 0 aliphatic rings. The molecule has 0 radical (unpaired) electrons. The number of benzene rings is 2. The molecule has 2 N–H and O–H groups in total. The first-order chi connectivity index (χ1) is 12.2. The van der Waals surface area contributed by atoms with E-state index in [2.05, 4.69) is 23.9 Å². The van der Waals surface area contributed by atoms with Crippen molar-refractivity contribution in [3.8, 4) is 0 Å². The minimum atomic E-state index is -3.70. The van der Waals surface area contributed by atoms with E-state index >= 15 is 0 Å². The maximum Gasteiger partial charge on any atom is 0.261 e. The van der Waals surface area contributed by atoms with Gasteiger partial charge in [-0.05, 0) is 67.6 Å². The normalized spacial score (nSPS) is 11.4. The SMILES string of the molecule is Cc1cccc(NS(=O)(=O)c2ccc(C(=O)NCCC(C)C)cc2)c1C. The van der Waals surface area contributed by atoms with Crippen molar-refractivity contribution < 1.29 is 13.2 Å². The summed E-state index contributed by atoms with van der Waals surface area (Å²) in [7, 11) is -3.70. The maximum atomic E-state index is 12.6. The number of aryl methyl sites for hydroxylation is 1. The average Bonchev–Trinajstić information content (AvgIpc) is 2.58. The second-order valence-electron chi connectivity index (χ2n) is 6.82. The third kappa shape index (κ3) is 5.08. The van der Waals surface area contributed by atoms with Crippen molar-refractivity contribution in [3.63, 3.8) is 0 Å². The van der Waals surface area contributed by atoms with Crippen molar-refractivity contribution in [3.05, 3.63) is 59.2 Å². The minimum absolute atomic E-state index is 0.122. The molecule has 0 aliphatic carbocycles. The zero-order valence-electron chi connectivity index (χ0n) is 15.7. The molecule has 0 heterocycles. The summed E-state index contributed by atoms with van der Waals surface area (Å²) < 4.78 is 27.8. The summed E-state index contributed by atoms with van der Waals surface area (Å²) in [4.78, 5) is 12.2. The molecule has 5 nitrogen and oxygen atoms in total. The van der Waals surface area contributed by atoms with E-state index < -0.39 is 10.0 Å². The van der Waals surface area contributed by atoms with E-state index in [1.54, 1.807) is 6.07 Å². The summed E-state index contributed by atoms with van der Waals surface area (Å²) in [5.41, 5.74) is 2.90. The lowest BCUT2D eigenvalue weighted by Gasteiger charge is -2.12. The fraction of sp³-hybridized carbons (Fsp3) is 0.350. The second-order valence-corrected chi connectivity index (χ2v) is 8.50. The van der Waals surface area contributed by atoms with Crippen LogP contribution in [0.4, 0.5) is 5.69 Å². The van der Waals surface area contributed by atoms with E-state index in [4.69, 9.17) is 0 Å². The highest BCUT2D eigenvalue weighted by molar-refractivity contribution is 7.92. The molecule has 0 unspecified atom stereocenters. The van der Waals surface area contributed by atoms with Gasteiger partial charge in [0.2, 0.25) is 0 Å². The van der Waals surface area contributed by atoms with Crippen LogP contribution in [0, 0.1) is 19.8 Å². The Bertz CT molecular complexity index is 872. The van der Waals surface area contributed by atoms with Crippen LogP contribution in [-0.4, -0.2) is 20.9 Å². The Labute approximate surface area is 155 Å². The van der Waals surface area contributed by atoms with E-state index in [1.165, 1.54) is 24.3 Å². The molecule has 0 aromatic heterocycles. The fourth-order valence-corrected chi connectivity index (χ4v) is 3.55. The fourth-order valence-electron chi connectivity index (χ4n) is 2.43. The van der Waals surface area contributed by atoms with E-state index in [9.17, 15) is 13.2 Å². The molecule has 0 bridgehead atoms. The van der Waals surface area contributed by atoms with Crippen molar-refractivity contribution >= 4 is 21.6 Å². The molecule has 1 amide bonds. The minimum Gasteiger partial charge on any atom is -0.352 e.